The molecule has 1 aromatic carbocycles. The van der Waals surface area contributed by atoms with Crippen LogP contribution in [-0.2, 0) is 4.79 Å². The van der Waals surface area contributed by atoms with Crippen LogP contribution >= 0.6 is 11.6 Å². The molecule has 0 radical (unpaired) electrons. The molecule has 15 heavy (non-hydrogen) atoms. The highest BCUT2D eigenvalue weighted by molar-refractivity contribution is 6.64. The van der Waals surface area contributed by atoms with Crippen LogP contribution in [0.5, 0.6) is 0 Å². The van der Waals surface area contributed by atoms with Gasteiger partial charge in [0.05, 0.1) is 0 Å². The van der Waals surface area contributed by atoms with E-state index in [1.807, 2.05) is 6.08 Å². The number of rotatable bonds is 2. The van der Waals surface area contributed by atoms with Gasteiger partial charge in [-0.05, 0) is 30.5 Å². The highest BCUT2D eigenvalue weighted by Gasteiger charge is 2.28. The summed E-state index contributed by atoms with van der Waals surface area (Å²) < 4.78 is 0. The van der Waals surface area contributed by atoms with Crippen molar-refractivity contribution < 1.29 is 4.79 Å². The van der Waals surface area contributed by atoms with Crippen LogP contribution in [0.15, 0.2) is 36.4 Å². The fraction of sp³-hybridized carbons (Fsp3) is 0.308. The van der Waals surface area contributed by atoms with Crippen molar-refractivity contribution in [2.75, 3.05) is 0 Å². The topological polar surface area (TPSA) is 17.1 Å². The number of allylic oxidation sites excluding steroid dienone is 2. The maximum atomic E-state index is 11.2. The van der Waals surface area contributed by atoms with Crippen molar-refractivity contribution in [3.8, 4) is 0 Å². The maximum Gasteiger partial charge on any atom is 0.225 e. The van der Waals surface area contributed by atoms with Crippen LogP contribution in [0.25, 0.3) is 0 Å². The molecule has 2 unspecified atom stereocenters. The fourth-order valence-electron chi connectivity index (χ4n) is 2.02. The molecule has 1 aromatic rings. The van der Waals surface area contributed by atoms with Crippen molar-refractivity contribution in [3.63, 3.8) is 0 Å². The minimum atomic E-state index is -0.231. The molecule has 2 rings (SSSR count). The summed E-state index contributed by atoms with van der Waals surface area (Å²) in [6.07, 6.45) is 4.88. The van der Waals surface area contributed by atoms with E-state index >= 15 is 0 Å². The van der Waals surface area contributed by atoms with E-state index in [4.69, 9.17) is 11.6 Å². The van der Waals surface area contributed by atoms with Gasteiger partial charge in [0.2, 0.25) is 5.24 Å². The maximum absolute atomic E-state index is 11.2. The van der Waals surface area contributed by atoms with Gasteiger partial charge >= 0.3 is 0 Å². The summed E-state index contributed by atoms with van der Waals surface area (Å²) in [4.78, 5) is 11.2. The van der Waals surface area contributed by atoms with Crippen molar-refractivity contribution in [2.45, 2.75) is 19.3 Å². The first-order valence-electron chi connectivity index (χ1n) is 5.11. The average molecular weight is 221 g/mol. The molecule has 0 aliphatic heterocycles. The van der Waals surface area contributed by atoms with E-state index in [2.05, 4.69) is 37.3 Å². The third-order valence-electron chi connectivity index (χ3n) is 2.92. The number of carbonyl (C=O) groups is 1. The molecule has 2 heteroatoms. The molecular weight excluding hydrogens is 208 g/mol. The number of hydrogen-bond donors (Lipinski definition) is 0. The van der Waals surface area contributed by atoms with Crippen LogP contribution in [0.1, 0.15) is 23.5 Å². The second-order valence-electron chi connectivity index (χ2n) is 4.01. The molecule has 1 aliphatic carbocycles. The molecule has 1 nitrogen and oxygen atoms in total. The summed E-state index contributed by atoms with van der Waals surface area (Å²) in [6.45, 7) is 2.05. The minimum Gasteiger partial charge on any atom is -0.281 e. The number of halogens is 1. The van der Waals surface area contributed by atoms with Gasteiger partial charge < -0.3 is 0 Å². The molecule has 0 N–H and O–H groups in total. The van der Waals surface area contributed by atoms with Gasteiger partial charge in [0.1, 0.15) is 0 Å². The summed E-state index contributed by atoms with van der Waals surface area (Å²) in [5, 5.41) is -0.231. The monoisotopic (exact) mass is 220 g/mol. The third-order valence-corrected chi connectivity index (χ3v) is 3.20. The quantitative estimate of drug-likeness (QED) is 0.551. The smallest absolute Gasteiger partial charge is 0.225 e. The van der Waals surface area contributed by atoms with Gasteiger partial charge in [-0.15, -0.1) is 0 Å². The van der Waals surface area contributed by atoms with E-state index in [1.165, 1.54) is 11.1 Å². The van der Waals surface area contributed by atoms with Gasteiger partial charge in [0.15, 0.2) is 0 Å². The Labute approximate surface area is 94.8 Å². The first-order valence-corrected chi connectivity index (χ1v) is 5.49. The molecule has 2 atom stereocenters. The molecule has 0 saturated carbocycles. The minimum absolute atomic E-state index is 0.0747. The van der Waals surface area contributed by atoms with E-state index in [-0.39, 0.29) is 17.1 Å². The summed E-state index contributed by atoms with van der Waals surface area (Å²) in [6, 6.07) is 8.28. The zero-order chi connectivity index (χ0) is 10.8. The summed E-state index contributed by atoms with van der Waals surface area (Å²) in [5.74, 6) is 0.0879. The van der Waals surface area contributed by atoms with Crippen LogP contribution in [0.4, 0.5) is 0 Å². The molecule has 0 saturated heterocycles. The van der Waals surface area contributed by atoms with Gasteiger partial charge in [0, 0.05) is 11.8 Å². The molecule has 0 fully saturated rings. The predicted octanol–water partition coefficient (Wildman–Crippen LogP) is 3.42. The number of carbonyl (C=O) groups excluding carboxylic acids is 1. The Balaban J connectivity index is 2.26. The van der Waals surface area contributed by atoms with E-state index in [0.29, 0.717) is 0 Å². The van der Waals surface area contributed by atoms with E-state index in [1.54, 1.807) is 0 Å². The first-order chi connectivity index (χ1) is 7.18. The highest BCUT2D eigenvalue weighted by Crippen LogP contribution is 2.35. The van der Waals surface area contributed by atoms with Gasteiger partial charge in [-0.1, -0.05) is 42.0 Å². The lowest BCUT2D eigenvalue weighted by Gasteiger charge is -2.15. The van der Waals surface area contributed by atoms with Crippen LogP contribution < -0.4 is 0 Å². The molecule has 0 bridgehead atoms. The normalized spacial score (nSPS) is 24.4. The molecule has 0 amide bonds. The largest absolute Gasteiger partial charge is 0.281 e. The lowest BCUT2D eigenvalue weighted by Crippen LogP contribution is -2.13. The first kappa shape index (κ1) is 10.4. The Morgan fingerprint density at radius 1 is 1.33 bits per heavy atom. The van der Waals surface area contributed by atoms with Crippen LogP contribution in [0.2, 0.25) is 0 Å². The highest BCUT2D eigenvalue weighted by atomic mass is 35.5. The van der Waals surface area contributed by atoms with Crippen molar-refractivity contribution in [3.05, 3.63) is 47.5 Å². The molecular formula is C13H13ClO. The van der Waals surface area contributed by atoms with Crippen molar-refractivity contribution in [1.29, 1.82) is 0 Å². The SMILES string of the molecule is Cc1ccc(C2C=CCC2C(=O)Cl)cc1. The van der Waals surface area contributed by atoms with Crippen LogP contribution in [0, 0.1) is 12.8 Å². The van der Waals surface area contributed by atoms with Gasteiger partial charge in [-0.2, -0.15) is 0 Å². The van der Waals surface area contributed by atoms with Gasteiger partial charge in [0.25, 0.3) is 0 Å². The average Bonchev–Trinajstić information content (AvgIpc) is 2.67. The molecule has 1 aliphatic rings. The standard InChI is InChI=1S/C13H13ClO/c1-9-5-7-10(8-6-9)11-3-2-4-12(11)13(14)15/h2-3,5-8,11-12H,4H2,1H3. The summed E-state index contributed by atoms with van der Waals surface area (Å²) >= 11 is 5.58. The van der Waals surface area contributed by atoms with Crippen molar-refractivity contribution in [2.24, 2.45) is 5.92 Å². The number of aryl methyl sites for hydroxylation is 1. The Kier molecular flexibility index (Phi) is 2.92. The summed E-state index contributed by atoms with van der Waals surface area (Å²) in [7, 11) is 0. The fourth-order valence-corrected chi connectivity index (χ4v) is 2.24. The Morgan fingerprint density at radius 3 is 2.60 bits per heavy atom. The van der Waals surface area contributed by atoms with Crippen molar-refractivity contribution in [1.82, 2.24) is 0 Å². The van der Waals surface area contributed by atoms with E-state index in [0.717, 1.165) is 6.42 Å². The number of benzene rings is 1. The Morgan fingerprint density at radius 2 is 2.00 bits per heavy atom. The van der Waals surface area contributed by atoms with Crippen LogP contribution in [-0.4, -0.2) is 5.24 Å². The zero-order valence-electron chi connectivity index (χ0n) is 8.61. The zero-order valence-corrected chi connectivity index (χ0v) is 9.37. The lowest BCUT2D eigenvalue weighted by atomic mass is 9.89. The van der Waals surface area contributed by atoms with Gasteiger partial charge in [-0.3, -0.25) is 4.79 Å². The molecule has 0 heterocycles. The molecule has 0 aromatic heterocycles. The third kappa shape index (κ3) is 2.13. The van der Waals surface area contributed by atoms with Gasteiger partial charge in [-0.25, -0.2) is 0 Å². The second-order valence-corrected chi connectivity index (χ2v) is 4.38. The van der Waals surface area contributed by atoms with Crippen molar-refractivity contribution >= 4 is 16.8 Å². The second kappa shape index (κ2) is 4.19. The molecule has 78 valence electrons. The lowest BCUT2D eigenvalue weighted by molar-refractivity contribution is -0.115. The van der Waals surface area contributed by atoms with E-state index in [9.17, 15) is 4.79 Å². The van der Waals surface area contributed by atoms with Crippen LogP contribution in [0.3, 0.4) is 0 Å². The van der Waals surface area contributed by atoms with E-state index < -0.39 is 0 Å². The molecule has 0 spiro atoms. The Bertz CT molecular complexity index is 392. The number of hydrogen-bond acceptors (Lipinski definition) is 1. The summed E-state index contributed by atoms with van der Waals surface area (Å²) in [5.41, 5.74) is 2.41. The Hall–Kier alpha value is -1.08. The predicted molar refractivity (Wildman–Crippen MR) is 62.0 cm³/mol.